The summed E-state index contributed by atoms with van der Waals surface area (Å²) < 4.78 is 22.0. The summed E-state index contributed by atoms with van der Waals surface area (Å²) in [6, 6.07) is 0. The van der Waals surface area contributed by atoms with Crippen molar-refractivity contribution in [1.82, 2.24) is 31.9 Å². The van der Waals surface area contributed by atoms with E-state index in [9.17, 15) is 30.6 Å². The average Bonchev–Trinajstić information content (AvgIpc) is 3.63. The van der Waals surface area contributed by atoms with Gasteiger partial charge in [0.25, 0.3) is 0 Å². The lowest BCUT2D eigenvalue weighted by atomic mass is 10.0. The second-order valence-corrected chi connectivity index (χ2v) is 13.0. The summed E-state index contributed by atoms with van der Waals surface area (Å²) in [4.78, 5) is 0. The van der Waals surface area contributed by atoms with Crippen molar-refractivity contribution in [1.29, 1.82) is 0 Å². The van der Waals surface area contributed by atoms with E-state index in [0.29, 0.717) is 39.1 Å². The zero-order chi connectivity index (χ0) is 30.2. The largest absolute Gasteiger partial charge is 0.388 e. The SMILES string of the molecule is C[C@@H]1O[C@@H](OCCCN2C=C(CSSCC3=CN(CCCO[C@@H]4O[C@@H](C)[C@@H](O)[C@@H](O)[C@@H]4O)NN3)NN2)[C@@H](O)[C@H](O)[C@@H]1O. The fraction of sp³-hybridized carbons (Fsp3) is 0.833. The molecule has 2 fully saturated rings. The third-order valence-electron chi connectivity index (χ3n) is 7.12. The number of aliphatic hydroxyl groups is 6. The van der Waals surface area contributed by atoms with Gasteiger partial charge in [-0.15, -0.1) is 11.1 Å². The van der Waals surface area contributed by atoms with Gasteiger partial charge in [0.1, 0.15) is 36.6 Å². The Balaban J connectivity index is 1.03. The van der Waals surface area contributed by atoms with Crippen LogP contribution >= 0.6 is 21.6 Å². The van der Waals surface area contributed by atoms with Crippen LogP contribution in [0.4, 0.5) is 0 Å². The molecular weight excluding hydrogens is 596 g/mol. The van der Waals surface area contributed by atoms with E-state index in [0.717, 1.165) is 22.9 Å². The number of hydrogen-bond acceptors (Lipinski definition) is 18. The second-order valence-electron chi connectivity index (χ2n) is 10.5. The summed E-state index contributed by atoms with van der Waals surface area (Å²) in [5, 5.41) is 63.1. The second kappa shape index (κ2) is 16.3. The lowest BCUT2D eigenvalue weighted by Crippen LogP contribution is -2.57. The molecule has 2 saturated heterocycles. The first-order chi connectivity index (χ1) is 20.1. The minimum Gasteiger partial charge on any atom is -0.388 e. The molecule has 10 atom stereocenters. The van der Waals surface area contributed by atoms with Crippen LogP contribution in [0.15, 0.2) is 23.8 Å². The van der Waals surface area contributed by atoms with Crippen molar-refractivity contribution in [3.8, 4) is 0 Å². The van der Waals surface area contributed by atoms with Crippen LogP contribution < -0.4 is 21.9 Å². The first kappa shape index (κ1) is 33.8. The van der Waals surface area contributed by atoms with Gasteiger partial charge >= 0.3 is 0 Å². The van der Waals surface area contributed by atoms with E-state index in [2.05, 4.69) is 21.9 Å². The first-order valence-electron chi connectivity index (χ1n) is 14.0. The molecule has 0 aromatic rings. The molecule has 0 amide bonds. The van der Waals surface area contributed by atoms with Crippen LogP contribution in [0, 0.1) is 0 Å². The number of nitrogens with zero attached hydrogens (tertiary/aromatic N) is 2. The summed E-state index contributed by atoms with van der Waals surface area (Å²) in [5.41, 5.74) is 14.5. The molecule has 0 saturated carbocycles. The van der Waals surface area contributed by atoms with Crippen molar-refractivity contribution in [3.05, 3.63) is 23.8 Å². The Morgan fingerprint density at radius 2 is 1.07 bits per heavy atom. The van der Waals surface area contributed by atoms with E-state index in [1.807, 2.05) is 22.4 Å². The molecule has 0 unspecified atom stereocenters. The molecule has 0 aliphatic carbocycles. The van der Waals surface area contributed by atoms with Gasteiger partial charge in [0.2, 0.25) is 0 Å². The zero-order valence-corrected chi connectivity index (χ0v) is 25.2. The Labute approximate surface area is 252 Å². The van der Waals surface area contributed by atoms with E-state index in [4.69, 9.17) is 18.9 Å². The van der Waals surface area contributed by atoms with Gasteiger partial charge in [-0.3, -0.25) is 10.0 Å². The van der Waals surface area contributed by atoms with Gasteiger partial charge in [0.05, 0.1) is 36.8 Å². The van der Waals surface area contributed by atoms with E-state index in [-0.39, 0.29) is 0 Å². The lowest BCUT2D eigenvalue weighted by molar-refractivity contribution is -0.293. The maximum atomic E-state index is 10.0. The smallest absolute Gasteiger partial charge is 0.186 e. The molecule has 10 N–H and O–H groups in total. The van der Waals surface area contributed by atoms with Gasteiger partial charge in [-0.05, 0) is 26.7 Å². The zero-order valence-electron chi connectivity index (χ0n) is 23.6. The highest BCUT2D eigenvalue weighted by Gasteiger charge is 2.43. The molecule has 4 aliphatic rings. The number of rotatable bonds is 15. The van der Waals surface area contributed by atoms with Crippen molar-refractivity contribution >= 4 is 21.6 Å². The predicted octanol–water partition coefficient (Wildman–Crippen LogP) is -2.83. The minimum absolute atomic E-state index is 0.315. The molecule has 0 spiro atoms. The van der Waals surface area contributed by atoms with Gasteiger partial charge in [-0.2, -0.15) is 0 Å². The third-order valence-corrected chi connectivity index (χ3v) is 9.35. The van der Waals surface area contributed by atoms with E-state index >= 15 is 0 Å². The number of hydrogen-bond donors (Lipinski definition) is 10. The van der Waals surface area contributed by atoms with Crippen molar-refractivity contribution in [2.24, 2.45) is 0 Å². The van der Waals surface area contributed by atoms with Crippen molar-refractivity contribution in [3.63, 3.8) is 0 Å². The number of aliphatic hydroxyl groups excluding tert-OH is 6. The molecule has 242 valence electrons. The Kier molecular flexibility index (Phi) is 13.1. The van der Waals surface area contributed by atoms with Crippen LogP contribution in [0.25, 0.3) is 0 Å². The molecule has 4 rings (SSSR count). The number of ether oxygens (including phenoxy) is 4. The molecule has 18 heteroatoms. The van der Waals surface area contributed by atoms with Crippen molar-refractivity contribution < 1.29 is 49.6 Å². The van der Waals surface area contributed by atoms with Gasteiger partial charge in [-0.1, -0.05) is 21.6 Å². The summed E-state index contributed by atoms with van der Waals surface area (Å²) in [5.74, 6) is 1.54. The van der Waals surface area contributed by atoms with Crippen LogP contribution in [0.5, 0.6) is 0 Å². The monoisotopic (exact) mass is 640 g/mol. The lowest BCUT2D eigenvalue weighted by Gasteiger charge is -2.38. The maximum Gasteiger partial charge on any atom is 0.186 e. The fourth-order valence-corrected chi connectivity index (χ4v) is 6.54. The minimum atomic E-state index is -1.30. The molecule has 0 aromatic carbocycles. The molecule has 4 aliphatic heterocycles. The van der Waals surface area contributed by atoms with Crippen LogP contribution in [-0.2, 0) is 18.9 Å². The summed E-state index contributed by atoms with van der Waals surface area (Å²) in [7, 11) is 3.42. The predicted molar refractivity (Wildman–Crippen MR) is 153 cm³/mol. The summed E-state index contributed by atoms with van der Waals surface area (Å²) >= 11 is 0. The van der Waals surface area contributed by atoms with Gasteiger partial charge in [0, 0.05) is 37.0 Å². The molecule has 0 radical (unpaired) electrons. The van der Waals surface area contributed by atoms with E-state index in [1.165, 1.54) is 0 Å². The fourth-order valence-electron chi connectivity index (χ4n) is 4.56. The molecule has 4 heterocycles. The van der Waals surface area contributed by atoms with Crippen LogP contribution in [0.2, 0.25) is 0 Å². The van der Waals surface area contributed by atoms with Crippen LogP contribution in [0.3, 0.4) is 0 Å². The third kappa shape index (κ3) is 9.21. The normalized spacial score (nSPS) is 37.0. The van der Waals surface area contributed by atoms with Crippen molar-refractivity contribution in [2.45, 2.75) is 88.1 Å². The topological polar surface area (TPSA) is 213 Å². The van der Waals surface area contributed by atoms with Gasteiger partial charge < -0.3 is 60.4 Å². The molecule has 16 nitrogen and oxygen atoms in total. The van der Waals surface area contributed by atoms with Crippen LogP contribution in [0.1, 0.15) is 26.7 Å². The van der Waals surface area contributed by atoms with E-state index < -0.39 is 61.4 Å². The molecule has 42 heavy (non-hydrogen) atoms. The molecule has 0 bridgehead atoms. The maximum absolute atomic E-state index is 10.0. The van der Waals surface area contributed by atoms with Crippen LogP contribution in [-0.4, -0.2) is 140 Å². The quantitative estimate of drug-likeness (QED) is 0.0645. The Morgan fingerprint density at radius 3 is 1.48 bits per heavy atom. The highest BCUT2D eigenvalue weighted by atomic mass is 33.1. The summed E-state index contributed by atoms with van der Waals surface area (Å²) in [6.07, 6.45) is -5.43. The standard InChI is InChI=1S/C24H44N6O10S2/c1-13-17(31)19(33)21(35)23(39-13)37-7-3-5-29-9-15(25-27-29)11-41-42-12-16-10-30(28-26-16)6-4-8-38-24-22(36)20(34)18(32)14(2)40-24/h9-10,13-14,17-28,31-36H,3-8,11-12H2,1-2H3/t13-,14-,17+,18+,19+,20+,21-,22-,23+,24+/m0/s1. The summed E-state index contributed by atoms with van der Waals surface area (Å²) in [6.45, 7) is 5.18. The molecular formula is C24H44N6O10S2. The average molecular weight is 641 g/mol. The van der Waals surface area contributed by atoms with E-state index in [1.54, 1.807) is 35.4 Å². The Hall–Kier alpha value is -1.10. The highest BCUT2D eigenvalue weighted by molar-refractivity contribution is 8.76. The highest BCUT2D eigenvalue weighted by Crippen LogP contribution is 2.26. The van der Waals surface area contributed by atoms with Gasteiger partial charge in [0.15, 0.2) is 12.6 Å². The van der Waals surface area contributed by atoms with Crippen molar-refractivity contribution in [2.75, 3.05) is 37.8 Å². The van der Waals surface area contributed by atoms with Gasteiger partial charge in [-0.25, -0.2) is 0 Å². The Bertz CT molecular complexity index is 842. The molecule has 0 aromatic heterocycles. The Morgan fingerprint density at radius 1 is 0.667 bits per heavy atom. The number of nitrogens with one attached hydrogen (secondary N) is 4. The number of hydrazine groups is 4. The first-order valence-corrected chi connectivity index (χ1v) is 16.5.